The van der Waals surface area contributed by atoms with Crippen LogP contribution in [0.3, 0.4) is 0 Å². The van der Waals surface area contributed by atoms with Gasteiger partial charge in [-0.1, -0.05) is 6.92 Å². The number of hydrogen-bond acceptors (Lipinski definition) is 4. The molecule has 1 amide bonds. The molecule has 1 heterocycles. The molecule has 108 valence electrons. The minimum Gasteiger partial charge on any atom is -0.462 e. The van der Waals surface area contributed by atoms with Gasteiger partial charge < -0.3 is 15.0 Å². The Kier molecular flexibility index (Phi) is 4.61. The van der Waals surface area contributed by atoms with Crippen molar-refractivity contribution in [3.8, 4) is 0 Å². The van der Waals surface area contributed by atoms with Crippen LogP contribution in [0.25, 0.3) is 0 Å². The summed E-state index contributed by atoms with van der Waals surface area (Å²) in [5.74, 6) is -0.202. The Hall–Kier alpha value is -2.04. The van der Waals surface area contributed by atoms with Gasteiger partial charge in [0.1, 0.15) is 6.04 Å². The Bertz CT molecular complexity index is 484. The van der Waals surface area contributed by atoms with E-state index in [1.807, 2.05) is 6.92 Å². The van der Waals surface area contributed by atoms with Crippen LogP contribution >= 0.6 is 0 Å². The number of carbonyl (C=O) groups is 2. The molecule has 2 rings (SSSR count). The maximum absolute atomic E-state index is 11.8. The van der Waals surface area contributed by atoms with Crippen molar-refractivity contribution in [1.82, 2.24) is 4.90 Å². The van der Waals surface area contributed by atoms with Crippen LogP contribution in [0.4, 0.5) is 5.69 Å². The molecule has 1 aromatic carbocycles. The second kappa shape index (κ2) is 6.41. The van der Waals surface area contributed by atoms with Crippen LogP contribution in [0.5, 0.6) is 0 Å². The van der Waals surface area contributed by atoms with Crippen LogP contribution in [-0.4, -0.2) is 43.0 Å². The Labute approximate surface area is 118 Å². The number of hydrogen-bond donors (Lipinski definition) is 1. The third-order valence-corrected chi connectivity index (χ3v) is 3.33. The first-order valence-electron chi connectivity index (χ1n) is 6.90. The first kappa shape index (κ1) is 14.4. The molecule has 0 unspecified atom stereocenters. The highest BCUT2D eigenvalue weighted by Gasteiger charge is 2.28. The second-order valence-corrected chi connectivity index (χ2v) is 4.96. The number of ether oxygens (including phenoxy) is 1. The topological polar surface area (TPSA) is 58.6 Å². The van der Waals surface area contributed by atoms with Gasteiger partial charge in [0.15, 0.2) is 0 Å². The highest BCUT2D eigenvalue weighted by molar-refractivity contribution is 5.90. The summed E-state index contributed by atoms with van der Waals surface area (Å²) in [5.41, 5.74) is 1.37. The molecule has 1 fully saturated rings. The zero-order valence-corrected chi connectivity index (χ0v) is 11.9. The number of rotatable bonds is 5. The van der Waals surface area contributed by atoms with Gasteiger partial charge in [-0.05, 0) is 37.1 Å². The summed E-state index contributed by atoms with van der Waals surface area (Å²) in [5, 5.41) is 3.19. The van der Waals surface area contributed by atoms with Crippen molar-refractivity contribution in [3.63, 3.8) is 0 Å². The van der Waals surface area contributed by atoms with E-state index in [0.29, 0.717) is 12.2 Å². The normalized spacial score (nSPS) is 18.2. The van der Waals surface area contributed by atoms with E-state index >= 15 is 0 Å². The molecule has 0 aliphatic carbocycles. The van der Waals surface area contributed by atoms with Crippen LogP contribution in [0, 0.1) is 0 Å². The average molecular weight is 276 g/mol. The predicted octanol–water partition coefficient (Wildman–Crippen LogP) is 1.90. The average Bonchev–Trinajstić information content (AvgIpc) is 2.77. The zero-order valence-electron chi connectivity index (χ0n) is 11.9. The fourth-order valence-electron chi connectivity index (χ4n) is 2.14. The molecule has 0 aromatic heterocycles. The van der Waals surface area contributed by atoms with E-state index in [9.17, 15) is 9.59 Å². The Balaban J connectivity index is 1.95. The molecule has 5 heteroatoms. The lowest BCUT2D eigenvalue weighted by atomic mass is 10.2. The highest BCUT2D eigenvalue weighted by atomic mass is 16.5. The quantitative estimate of drug-likeness (QED) is 0.834. The van der Waals surface area contributed by atoms with Crippen molar-refractivity contribution in [1.29, 1.82) is 0 Å². The van der Waals surface area contributed by atoms with Gasteiger partial charge in [-0.2, -0.15) is 0 Å². The molecule has 0 radical (unpaired) electrons. The lowest BCUT2D eigenvalue weighted by molar-refractivity contribution is -0.127. The first-order valence-corrected chi connectivity index (χ1v) is 6.90. The molecule has 1 aromatic rings. The largest absolute Gasteiger partial charge is 0.462 e. The summed E-state index contributed by atoms with van der Waals surface area (Å²) >= 11 is 0. The Morgan fingerprint density at radius 3 is 2.65 bits per heavy atom. The number of nitrogens with one attached hydrogen (secondary N) is 1. The molecule has 0 spiro atoms. The van der Waals surface area contributed by atoms with E-state index in [0.717, 1.165) is 25.1 Å². The van der Waals surface area contributed by atoms with Crippen LogP contribution in [0.1, 0.15) is 30.1 Å². The number of carbonyl (C=O) groups excluding carboxylic acids is 2. The van der Waals surface area contributed by atoms with Crippen molar-refractivity contribution < 1.29 is 14.3 Å². The molecular weight excluding hydrogens is 256 g/mol. The number of nitrogens with zero attached hydrogens (tertiary/aromatic N) is 1. The number of anilines is 1. The van der Waals surface area contributed by atoms with Gasteiger partial charge in [-0.15, -0.1) is 0 Å². The summed E-state index contributed by atoms with van der Waals surface area (Å²) < 4.78 is 5.06. The summed E-state index contributed by atoms with van der Waals surface area (Å²) in [4.78, 5) is 25.2. The van der Waals surface area contributed by atoms with E-state index in [4.69, 9.17) is 4.74 Å². The fourth-order valence-corrected chi connectivity index (χ4v) is 2.14. The van der Waals surface area contributed by atoms with E-state index in [2.05, 4.69) is 5.32 Å². The van der Waals surface area contributed by atoms with Gasteiger partial charge in [0.05, 0.1) is 12.2 Å². The monoisotopic (exact) mass is 276 g/mol. The molecule has 0 saturated carbocycles. The minimum atomic E-state index is -0.310. The van der Waals surface area contributed by atoms with E-state index in [1.54, 1.807) is 36.2 Å². The van der Waals surface area contributed by atoms with Crippen LogP contribution in [0.2, 0.25) is 0 Å². The van der Waals surface area contributed by atoms with Crippen LogP contribution in [-0.2, 0) is 9.53 Å². The Morgan fingerprint density at radius 2 is 2.10 bits per heavy atom. The first-order chi connectivity index (χ1) is 9.61. The third-order valence-electron chi connectivity index (χ3n) is 3.33. The summed E-state index contributed by atoms with van der Waals surface area (Å²) in [7, 11) is 1.80. The molecule has 1 saturated heterocycles. The minimum absolute atomic E-state index is 0.108. The van der Waals surface area contributed by atoms with E-state index < -0.39 is 0 Å². The predicted molar refractivity (Wildman–Crippen MR) is 76.7 cm³/mol. The van der Waals surface area contributed by atoms with E-state index in [-0.39, 0.29) is 17.9 Å². The van der Waals surface area contributed by atoms with Gasteiger partial charge in [0.2, 0.25) is 5.91 Å². The van der Waals surface area contributed by atoms with Crippen LogP contribution < -0.4 is 5.32 Å². The molecule has 1 N–H and O–H groups in total. The zero-order chi connectivity index (χ0) is 14.5. The maximum atomic E-state index is 11.8. The third kappa shape index (κ3) is 3.29. The lowest BCUT2D eigenvalue weighted by Gasteiger charge is -2.13. The van der Waals surface area contributed by atoms with Gasteiger partial charge in [-0.3, -0.25) is 4.79 Å². The maximum Gasteiger partial charge on any atom is 0.338 e. The number of amides is 1. The number of likely N-dealkylation sites (tertiary alicyclic amines) is 1. The molecule has 5 nitrogen and oxygen atoms in total. The van der Waals surface area contributed by atoms with Gasteiger partial charge in [-0.25, -0.2) is 4.79 Å². The lowest BCUT2D eigenvalue weighted by Crippen LogP contribution is -2.30. The van der Waals surface area contributed by atoms with E-state index in [1.165, 1.54) is 0 Å². The molecule has 0 bridgehead atoms. The second-order valence-electron chi connectivity index (χ2n) is 4.96. The molecule has 1 aliphatic heterocycles. The number of esters is 1. The van der Waals surface area contributed by atoms with Crippen molar-refractivity contribution >= 4 is 17.6 Å². The molecule has 1 atom stereocenters. The number of benzene rings is 1. The van der Waals surface area contributed by atoms with Gasteiger partial charge in [0, 0.05) is 19.3 Å². The molecule has 20 heavy (non-hydrogen) atoms. The number of likely N-dealkylation sites (N-methyl/N-ethyl adjacent to an activating group) is 1. The smallest absolute Gasteiger partial charge is 0.338 e. The SMILES string of the molecule is CCCOC(=O)c1ccc(N[C@H]2CCN(C)C2=O)cc1. The van der Waals surface area contributed by atoms with Crippen LogP contribution in [0.15, 0.2) is 24.3 Å². The van der Waals surface area contributed by atoms with Gasteiger partial charge >= 0.3 is 5.97 Å². The van der Waals surface area contributed by atoms with Crippen molar-refractivity contribution in [2.75, 3.05) is 25.5 Å². The van der Waals surface area contributed by atoms with Gasteiger partial charge in [0.25, 0.3) is 0 Å². The standard InChI is InChI=1S/C15H20N2O3/c1-3-10-20-15(19)11-4-6-12(7-5-11)16-13-8-9-17(2)14(13)18/h4-7,13,16H,3,8-10H2,1-2H3/t13-/m0/s1. The molecular formula is C15H20N2O3. The Morgan fingerprint density at radius 1 is 1.40 bits per heavy atom. The van der Waals surface area contributed by atoms with Crippen molar-refractivity contribution in [2.24, 2.45) is 0 Å². The summed E-state index contributed by atoms with van der Waals surface area (Å²) in [6.07, 6.45) is 1.61. The van der Waals surface area contributed by atoms with Crippen molar-refractivity contribution in [2.45, 2.75) is 25.8 Å². The fraction of sp³-hybridized carbons (Fsp3) is 0.467. The summed E-state index contributed by atoms with van der Waals surface area (Å²) in [6, 6.07) is 6.85. The van der Waals surface area contributed by atoms with Crippen molar-refractivity contribution in [3.05, 3.63) is 29.8 Å². The summed E-state index contributed by atoms with van der Waals surface area (Å²) in [6.45, 7) is 3.16. The highest BCUT2D eigenvalue weighted by Crippen LogP contribution is 2.17. The molecule has 1 aliphatic rings.